The minimum absolute atomic E-state index is 0. The van der Waals surface area contributed by atoms with Crippen LogP contribution in [0.4, 0.5) is 0 Å². The largest absolute Gasteiger partial charge is 0.357 e. The second-order valence-electron chi connectivity index (χ2n) is 5.89. The highest BCUT2D eigenvalue weighted by Crippen LogP contribution is 2.18. The smallest absolute Gasteiger partial charge is 0.191 e. The van der Waals surface area contributed by atoms with E-state index in [9.17, 15) is 0 Å². The van der Waals surface area contributed by atoms with Crippen LogP contribution in [0.5, 0.6) is 0 Å². The van der Waals surface area contributed by atoms with Crippen LogP contribution in [0.3, 0.4) is 0 Å². The van der Waals surface area contributed by atoms with E-state index in [1.54, 1.807) is 0 Å². The van der Waals surface area contributed by atoms with E-state index in [1.807, 2.05) is 0 Å². The van der Waals surface area contributed by atoms with E-state index in [2.05, 4.69) is 65.6 Å². The van der Waals surface area contributed by atoms with Crippen molar-refractivity contribution < 1.29 is 0 Å². The summed E-state index contributed by atoms with van der Waals surface area (Å²) in [6.07, 6.45) is 2.54. The molecule has 0 unspecified atom stereocenters. The summed E-state index contributed by atoms with van der Waals surface area (Å²) in [6.45, 7) is 11.4. The van der Waals surface area contributed by atoms with Gasteiger partial charge in [0.1, 0.15) is 0 Å². The van der Waals surface area contributed by atoms with Gasteiger partial charge in [-0.05, 0) is 44.0 Å². The predicted octanol–water partition coefficient (Wildman–Crippen LogP) is 3.36. The van der Waals surface area contributed by atoms with E-state index < -0.39 is 0 Å². The molecule has 130 valence electrons. The molecule has 2 rings (SSSR count). The van der Waals surface area contributed by atoms with Gasteiger partial charge in [0, 0.05) is 19.1 Å². The summed E-state index contributed by atoms with van der Waals surface area (Å²) in [5.74, 6) is 0.942. The number of guanidine groups is 1. The standard InChI is InChI=1S/C18H30N4.HI/c1-4-19-18(21-17-11-12-17)20-13-15-7-9-16(10-8-15)14-22(5-2)6-3;/h7-10,17H,4-6,11-14H2,1-3H3,(H2,19,20,21);1H. The minimum Gasteiger partial charge on any atom is -0.357 e. The monoisotopic (exact) mass is 430 g/mol. The fraction of sp³-hybridized carbons (Fsp3) is 0.611. The molecule has 5 heteroatoms. The van der Waals surface area contributed by atoms with Crippen LogP contribution in [0.1, 0.15) is 44.7 Å². The fourth-order valence-corrected chi connectivity index (χ4v) is 2.37. The average Bonchev–Trinajstić information content (AvgIpc) is 3.35. The van der Waals surface area contributed by atoms with Crippen molar-refractivity contribution in [1.29, 1.82) is 0 Å². The van der Waals surface area contributed by atoms with Crippen LogP contribution in [-0.4, -0.2) is 36.5 Å². The molecule has 0 aromatic heterocycles. The Morgan fingerprint density at radius 2 is 1.70 bits per heavy atom. The third kappa shape index (κ3) is 7.52. The van der Waals surface area contributed by atoms with Crippen LogP contribution in [-0.2, 0) is 13.1 Å². The summed E-state index contributed by atoms with van der Waals surface area (Å²) >= 11 is 0. The van der Waals surface area contributed by atoms with Gasteiger partial charge in [0.2, 0.25) is 0 Å². The molecule has 4 nitrogen and oxygen atoms in total. The lowest BCUT2D eigenvalue weighted by molar-refractivity contribution is 0.296. The van der Waals surface area contributed by atoms with Gasteiger partial charge in [-0.25, -0.2) is 4.99 Å². The van der Waals surface area contributed by atoms with Crippen molar-refractivity contribution in [2.24, 2.45) is 4.99 Å². The van der Waals surface area contributed by atoms with E-state index in [4.69, 9.17) is 0 Å². The third-order valence-electron chi connectivity index (χ3n) is 4.01. The second-order valence-corrected chi connectivity index (χ2v) is 5.89. The Hall–Kier alpha value is -0.820. The molecule has 0 atom stereocenters. The first-order chi connectivity index (χ1) is 10.7. The highest BCUT2D eigenvalue weighted by Gasteiger charge is 2.21. The zero-order valence-electron chi connectivity index (χ0n) is 14.6. The average molecular weight is 430 g/mol. The fourth-order valence-electron chi connectivity index (χ4n) is 2.37. The number of nitrogens with one attached hydrogen (secondary N) is 2. The van der Waals surface area contributed by atoms with Crippen molar-refractivity contribution in [3.8, 4) is 0 Å². The summed E-state index contributed by atoms with van der Waals surface area (Å²) in [5, 5.41) is 6.76. The van der Waals surface area contributed by atoms with E-state index in [1.165, 1.54) is 24.0 Å². The van der Waals surface area contributed by atoms with E-state index in [0.29, 0.717) is 6.04 Å². The second kappa shape index (κ2) is 10.9. The topological polar surface area (TPSA) is 39.7 Å². The normalized spacial score (nSPS) is 14.5. The molecular formula is C18H31IN4. The molecular weight excluding hydrogens is 399 g/mol. The molecule has 0 spiro atoms. The van der Waals surface area contributed by atoms with Gasteiger partial charge in [0.25, 0.3) is 0 Å². The molecule has 1 saturated carbocycles. The van der Waals surface area contributed by atoms with Crippen LogP contribution in [0.25, 0.3) is 0 Å². The molecule has 0 heterocycles. The van der Waals surface area contributed by atoms with Gasteiger partial charge < -0.3 is 10.6 Å². The Morgan fingerprint density at radius 3 is 2.22 bits per heavy atom. The maximum atomic E-state index is 4.67. The van der Waals surface area contributed by atoms with Crippen LogP contribution < -0.4 is 10.6 Å². The molecule has 23 heavy (non-hydrogen) atoms. The Balaban J connectivity index is 0.00000264. The Morgan fingerprint density at radius 1 is 1.09 bits per heavy atom. The maximum absolute atomic E-state index is 4.67. The zero-order chi connectivity index (χ0) is 15.8. The maximum Gasteiger partial charge on any atom is 0.191 e. The summed E-state index contributed by atoms with van der Waals surface area (Å²) in [4.78, 5) is 7.10. The summed E-state index contributed by atoms with van der Waals surface area (Å²) in [6, 6.07) is 9.48. The number of rotatable bonds is 8. The van der Waals surface area contributed by atoms with Crippen molar-refractivity contribution >= 4 is 29.9 Å². The zero-order valence-corrected chi connectivity index (χ0v) is 17.0. The quantitative estimate of drug-likeness (QED) is 0.378. The first kappa shape index (κ1) is 20.2. The molecule has 1 aliphatic carbocycles. The van der Waals surface area contributed by atoms with Gasteiger partial charge in [0.05, 0.1) is 6.54 Å². The van der Waals surface area contributed by atoms with E-state index in [0.717, 1.165) is 38.7 Å². The SMILES string of the molecule is CCNC(=NCc1ccc(CN(CC)CC)cc1)NC1CC1.I. The van der Waals surface area contributed by atoms with Gasteiger partial charge in [-0.15, -0.1) is 24.0 Å². The van der Waals surface area contributed by atoms with Gasteiger partial charge in [-0.3, -0.25) is 4.90 Å². The summed E-state index contributed by atoms with van der Waals surface area (Å²) in [7, 11) is 0. The third-order valence-corrected chi connectivity index (χ3v) is 4.01. The molecule has 0 amide bonds. The van der Waals surface area contributed by atoms with Crippen molar-refractivity contribution in [1.82, 2.24) is 15.5 Å². The number of nitrogens with zero attached hydrogens (tertiary/aromatic N) is 2. The minimum atomic E-state index is 0. The van der Waals surface area contributed by atoms with Crippen LogP contribution >= 0.6 is 24.0 Å². The van der Waals surface area contributed by atoms with Crippen molar-refractivity contribution in [3.63, 3.8) is 0 Å². The number of benzene rings is 1. The number of hydrogen-bond donors (Lipinski definition) is 2. The molecule has 1 aliphatic rings. The van der Waals surface area contributed by atoms with E-state index >= 15 is 0 Å². The number of halogens is 1. The van der Waals surface area contributed by atoms with E-state index in [-0.39, 0.29) is 24.0 Å². The lowest BCUT2D eigenvalue weighted by atomic mass is 10.1. The molecule has 1 fully saturated rings. The Bertz CT molecular complexity index is 464. The lowest BCUT2D eigenvalue weighted by Crippen LogP contribution is -2.38. The lowest BCUT2D eigenvalue weighted by Gasteiger charge is -2.18. The number of aliphatic imine (C=N–C) groups is 1. The van der Waals surface area contributed by atoms with Crippen LogP contribution in [0, 0.1) is 0 Å². The van der Waals surface area contributed by atoms with Crippen molar-refractivity contribution in [2.45, 2.75) is 52.7 Å². The summed E-state index contributed by atoms with van der Waals surface area (Å²) in [5.41, 5.74) is 2.63. The van der Waals surface area contributed by atoms with Crippen molar-refractivity contribution in [2.75, 3.05) is 19.6 Å². The highest BCUT2D eigenvalue weighted by atomic mass is 127. The van der Waals surface area contributed by atoms with Gasteiger partial charge in [-0.2, -0.15) is 0 Å². The molecule has 0 saturated heterocycles. The molecule has 1 aromatic carbocycles. The predicted molar refractivity (Wildman–Crippen MR) is 109 cm³/mol. The van der Waals surface area contributed by atoms with Crippen LogP contribution in [0.15, 0.2) is 29.3 Å². The number of hydrogen-bond acceptors (Lipinski definition) is 2. The first-order valence-corrected chi connectivity index (χ1v) is 8.60. The molecule has 0 radical (unpaired) electrons. The van der Waals surface area contributed by atoms with Crippen molar-refractivity contribution in [3.05, 3.63) is 35.4 Å². The molecule has 0 aliphatic heterocycles. The molecule has 1 aromatic rings. The first-order valence-electron chi connectivity index (χ1n) is 8.60. The van der Waals surface area contributed by atoms with Crippen LogP contribution in [0.2, 0.25) is 0 Å². The molecule has 2 N–H and O–H groups in total. The molecule has 0 bridgehead atoms. The Labute approximate surface area is 158 Å². The van der Waals surface area contributed by atoms with Gasteiger partial charge in [0.15, 0.2) is 5.96 Å². The Kier molecular flexibility index (Phi) is 9.55. The van der Waals surface area contributed by atoms with Gasteiger partial charge >= 0.3 is 0 Å². The summed E-state index contributed by atoms with van der Waals surface area (Å²) < 4.78 is 0. The van der Waals surface area contributed by atoms with Gasteiger partial charge in [-0.1, -0.05) is 38.1 Å². The highest BCUT2D eigenvalue weighted by molar-refractivity contribution is 14.0.